The fraction of sp³-hybridized carbons (Fsp3) is 0.419. The summed E-state index contributed by atoms with van der Waals surface area (Å²) in [5.74, 6) is 1.37. The van der Waals surface area contributed by atoms with Gasteiger partial charge in [0.15, 0.2) is 5.82 Å². The summed E-state index contributed by atoms with van der Waals surface area (Å²) >= 11 is 0. The Morgan fingerprint density at radius 2 is 2.00 bits per heavy atom. The molecule has 226 valence electrons. The molecule has 1 aliphatic heterocycles. The van der Waals surface area contributed by atoms with Crippen molar-refractivity contribution in [3.8, 4) is 11.3 Å². The van der Waals surface area contributed by atoms with E-state index in [0.29, 0.717) is 24.1 Å². The van der Waals surface area contributed by atoms with Crippen molar-refractivity contribution in [1.82, 2.24) is 35.7 Å². The number of anilines is 3. The van der Waals surface area contributed by atoms with E-state index < -0.39 is 5.91 Å². The van der Waals surface area contributed by atoms with Crippen LogP contribution in [0.2, 0.25) is 0 Å². The summed E-state index contributed by atoms with van der Waals surface area (Å²) in [7, 11) is 1.73. The second-order valence-electron chi connectivity index (χ2n) is 11.8. The molecule has 0 aliphatic carbocycles. The van der Waals surface area contributed by atoms with Crippen molar-refractivity contribution in [3.63, 3.8) is 0 Å². The maximum Gasteiger partial charge on any atom is 0.315 e. The quantitative estimate of drug-likeness (QED) is 0.260. The molecule has 12 nitrogen and oxygen atoms in total. The van der Waals surface area contributed by atoms with Crippen molar-refractivity contribution in [2.45, 2.75) is 52.1 Å². The van der Waals surface area contributed by atoms with Crippen LogP contribution in [0.15, 0.2) is 53.4 Å². The zero-order valence-electron chi connectivity index (χ0n) is 25.5. The summed E-state index contributed by atoms with van der Waals surface area (Å²) in [6, 6.07) is 11.9. The highest BCUT2D eigenvalue weighted by Gasteiger charge is 2.25. The van der Waals surface area contributed by atoms with Crippen molar-refractivity contribution in [3.05, 3.63) is 71.8 Å². The minimum atomic E-state index is -0.408. The second-order valence-corrected chi connectivity index (χ2v) is 11.8. The maximum absolute atomic E-state index is 12.7. The first-order valence-electron chi connectivity index (χ1n) is 14.4. The van der Waals surface area contributed by atoms with E-state index in [4.69, 9.17) is 9.26 Å². The summed E-state index contributed by atoms with van der Waals surface area (Å²) in [4.78, 5) is 32.8. The van der Waals surface area contributed by atoms with E-state index in [1.165, 1.54) is 6.33 Å². The van der Waals surface area contributed by atoms with Crippen LogP contribution >= 0.6 is 0 Å². The molecule has 0 bridgehead atoms. The van der Waals surface area contributed by atoms with E-state index in [0.717, 1.165) is 47.7 Å². The van der Waals surface area contributed by atoms with Crippen molar-refractivity contribution in [2.24, 2.45) is 0 Å². The third-order valence-corrected chi connectivity index (χ3v) is 7.38. The van der Waals surface area contributed by atoms with Gasteiger partial charge >= 0.3 is 11.8 Å². The van der Waals surface area contributed by atoms with Gasteiger partial charge in [0.25, 0.3) is 0 Å². The van der Waals surface area contributed by atoms with Crippen LogP contribution in [0.3, 0.4) is 0 Å². The van der Waals surface area contributed by atoms with Gasteiger partial charge in [-0.2, -0.15) is 4.98 Å². The summed E-state index contributed by atoms with van der Waals surface area (Å²) in [5.41, 5.74) is 4.44. The van der Waals surface area contributed by atoms with Gasteiger partial charge in [0.05, 0.1) is 36.3 Å². The molecule has 0 spiro atoms. The van der Waals surface area contributed by atoms with Crippen molar-refractivity contribution in [2.75, 3.05) is 43.6 Å². The van der Waals surface area contributed by atoms with E-state index in [1.807, 2.05) is 71.1 Å². The number of piperazine rings is 1. The van der Waals surface area contributed by atoms with E-state index in [2.05, 4.69) is 52.0 Å². The molecule has 1 unspecified atom stereocenters. The first-order valence-corrected chi connectivity index (χ1v) is 14.4. The average Bonchev–Trinajstić information content (AvgIpc) is 3.50. The zero-order valence-corrected chi connectivity index (χ0v) is 25.5. The summed E-state index contributed by atoms with van der Waals surface area (Å²) in [5, 5.41) is 13.6. The molecule has 0 radical (unpaired) electrons. The number of carbonyl (C=O) groups is 1. The molecule has 3 N–H and O–H groups in total. The lowest BCUT2D eigenvalue weighted by atomic mass is 9.96. The molecule has 4 aromatic rings. The van der Waals surface area contributed by atoms with Crippen LogP contribution in [0, 0.1) is 6.92 Å². The standard InChI is InChI=1S/C31H39N9O3/c1-19-13-21(7-9-24(19)20(2)36-28(41)29-38-30(39-43-29)31(3,4)5)25-14-27(35-18-34-25)37-26-10-8-22(16-33-26)40-12-11-32-15-23(40)17-42-6/h7-10,13-14,16,18,20,23,32H,11-12,15,17H2,1-6H3,(H,36,41)(H,33,34,35,37)/t20?,23-/m1/s1. The largest absolute Gasteiger partial charge is 0.383 e. The number of benzene rings is 1. The lowest BCUT2D eigenvalue weighted by Crippen LogP contribution is -2.53. The molecule has 4 heterocycles. The van der Waals surface area contributed by atoms with Gasteiger partial charge in [0.2, 0.25) is 0 Å². The van der Waals surface area contributed by atoms with Crippen LogP contribution in [0.1, 0.15) is 61.4 Å². The molecular weight excluding hydrogens is 546 g/mol. The Morgan fingerprint density at radius 1 is 1.16 bits per heavy atom. The number of rotatable bonds is 9. The number of methoxy groups -OCH3 is 1. The van der Waals surface area contributed by atoms with Gasteiger partial charge in [0, 0.05) is 43.8 Å². The Kier molecular flexibility index (Phi) is 8.97. The van der Waals surface area contributed by atoms with Gasteiger partial charge < -0.3 is 30.1 Å². The van der Waals surface area contributed by atoms with Gasteiger partial charge in [-0.05, 0) is 43.2 Å². The van der Waals surface area contributed by atoms with Gasteiger partial charge in [-0.15, -0.1) is 0 Å². The average molecular weight is 586 g/mol. The van der Waals surface area contributed by atoms with Crippen LogP contribution in [0.5, 0.6) is 0 Å². The highest BCUT2D eigenvalue weighted by Crippen LogP contribution is 2.27. The van der Waals surface area contributed by atoms with E-state index in [1.54, 1.807) is 7.11 Å². The number of hydrogen-bond donors (Lipinski definition) is 3. The van der Waals surface area contributed by atoms with Crippen LogP contribution in [0.4, 0.5) is 17.3 Å². The molecule has 1 aliphatic rings. The lowest BCUT2D eigenvalue weighted by Gasteiger charge is -2.37. The van der Waals surface area contributed by atoms with Crippen LogP contribution in [-0.4, -0.2) is 70.4 Å². The van der Waals surface area contributed by atoms with E-state index in [9.17, 15) is 4.79 Å². The number of aromatic nitrogens is 5. The van der Waals surface area contributed by atoms with Gasteiger partial charge in [0.1, 0.15) is 18.0 Å². The number of aryl methyl sites for hydroxylation is 1. The Bertz CT molecular complexity index is 1550. The SMILES string of the molecule is COC[C@H]1CNCCN1c1ccc(Nc2cc(-c3ccc(C(C)NC(=O)c4nc(C(C)(C)C)no4)c(C)c3)ncn2)nc1. The minimum absolute atomic E-state index is 0.0460. The molecule has 1 fully saturated rings. The normalized spacial score (nSPS) is 16.1. The third-order valence-electron chi connectivity index (χ3n) is 7.38. The maximum atomic E-state index is 12.7. The van der Waals surface area contributed by atoms with Crippen molar-refractivity contribution >= 4 is 23.2 Å². The van der Waals surface area contributed by atoms with Crippen LogP contribution < -0.4 is 20.9 Å². The number of ether oxygens (including phenoxy) is 1. The van der Waals surface area contributed by atoms with Gasteiger partial charge in [-0.25, -0.2) is 15.0 Å². The number of hydrogen-bond acceptors (Lipinski definition) is 11. The van der Waals surface area contributed by atoms with Crippen LogP contribution in [-0.2, 0) is 10.2 Å². The summed E-state index contributed by atoms with van der Waals surface area (Å²) in [6.07, 6.45) is 3.41. The number of pyridine rings is 1. The number of nitrogens with one attached hydrogen (secondary N) is 3. The predicted molar refractivity (Wildman–Crippen MR) is 164 cm³/mol. The van der Waals surface area contributed by atoms with Crippen molar-refractivity contribution in [1.29, 1.82) is 0 Å². The fourth-order valence-corrected chi connectivity index (χ4v) is 5.06. The van der Waals surface area contributed by atoms with E-state index >= 15 is 0 Å². The first kappa shape index (κ1) is 30.1. The zero-order chi connectivity index (χ0) is 30.6. The third kappa shape index (κ3) is 7.15. The number of carbonyl (C=O) groups excluding carboxylic acids is 1. The molecule has 43 heavy (non-hydrogen) atoms. The highest BCUT2D eigenvalue weighted by molar-refractivity contribution is 5.89. The summed E-state index contributed by atoms with van der Waals surface area (Å²) in [6.45, 7) is 13.2. The first-order chi connectivity index (χ1) is 20.6. The molecule has 1 saturated heterocycles. The van der Waals surface area contributed by atoms with Crippen molar-refractivity contribution < 1.29 is 14.1 Å². The molecule has 0 saturated carbocycles. The summed E-state index contributed by atoms with van der Waals surface area (Å²) < 4.78 is 10.6. The monoisotopic (exact) mass is 585 g/mol. The Balaban J connectivity index is 1.24. The lowest BCUT2D eigenvalue weighted by molar-refractivity contribution is 0.0895. The molecule has 2 atom stereocenters. The topological polar surface area (TPSA) is 143 Å². The molecule has 1 aromatic carbocycles. The minimum Gasteiger partial charge on any atom is -0.383 e. The Labute approximate surface area is 251 Å². The van der Waals surface area contributed by atoms with Gasteiger partial charge in [-0.1, -0.05) is 38.1 Å². The molecular formula is C31H39N9O3. The fourth-order valence-electron chi connectivity index (χ4n) is 5.06. The predicted octanol–water partition coefficient (Wildman–Crippen LogP) is 4.19. The Morgan fingerprint density at radius 3 is 2.70 bits per heavy atom. The van der Waals surface area contributed by atoms with Gasteiger partial charge in [-0.3, -0.25) is 4.79 Å². The highest BCUT2D eigenvalue weighted by atomic mass is 16.5. The van der Waals surface area contributed by atoms with E-state index in [-0.39, 0.29) is 23.4 Å². The smallest absolute Gasteiger partial charge is 0.315 e. The molecule has 12 heteroatoms. The number of amides is 1. The Hall–Kier alpha value is -4.42. The molecule has 5 rings (SSSR count). The second kappa shape index (κ2) is 12.8. The molecule has 1 amide bonds. The molecule has 3 aromatic heterocycles. The van der Waals surface area contributed by atoms with Crippen LogP contribution in [0.25, 0.3) is 11.3 Å². The number of nitrogens with zero attached hydrogens (tertiary/aromatic N) is 6.